The second-order valence-corrected chi connectivity index (χ2v) is 11.6. The van der Waals surface area contributed by atoms with Crippen LogP contribution in [0.1, 0.15) is 5.56 Å². The maximum absolute atomic E-state index is 13.1. The summed E-state index contributed by atoms with van der Waals surface area (Å²) in [5, 5.41) is 1.82. The Morgan fingerprint density at radius 1 is 0.677 bits per heavy atom. The molecule has 162 valence electrons. The highest BCUT2D eigenvalue weighted by atomic mass is 32.2. The van der Waals surface area contributed by atoms with Crippen molar-refractivity contribution in [1.29, 1.82) is 0 Å². The van der Waals surface area contributed by atoms with Crippen LogP contribution in [0.3, 0.4) is 0 Å². The van der Waals surface area contributed by atoms with Gasteiger partial charge in [0, 0.05) is 32.6 Å². The van der Waals surface area contributed by atoms with E-state index in [2.05, 4.69) is 0 Å². The van der Waals surface area contributed by atoms with Crippen LogP contribution in [0, 0.1) is 0 Å². The lowest BCUT2D eigenvalue weighted by atomic mass is 10.1. The fraction of sp³-hybridized carbons (Fsp3) is 0.273. The first kappa shape index (κ1) is 20.4. The van der Waals surface area contributed by atoms with Gasteiger partial charge in [-0.25, -0.2) is 16.8 Å². The summed E-state index contributed by atoms with van der Waals surface area (Å²) in [6, 6.07) is 17.6. The zero-order valence-corrected chi connectivity index (χ0v) is 18.4. The molecule has 2 aliphatic rings. The topological polar surface area (TPSA) is 84.0 Å². The van der Waals surface area contributed by atoms with E-state index in [-0.39, 0.29) is 36.0 Å². The Hall–Kier alpha value is -2.46. The summed E-state index contributed by atoms with van der Waals surface area (Å²) in [4.78, 5) is 0.448. The first-order chi connectivity index (χ1) is 14.9. The number of benzene rings is 3. The molecule has 0 bridgehead atoms. The van der Waals surface area contributed by atoms with E-state index in [4.69, 9.17) is 4.74 Å². The van der Waals surface area contributed by atoms with Crippen molar-refractivity contribution in [2.24, 2.45) is 0 Å². The molecule has 0 spiro atoms. The highest BCUT2D eigenvalue weighted by molar-refractivity contribution is 7.89. The molecule has 0 aliphatic carbocycles. The molecule has 9 heteroatoms. The van der Waals surface area contributed by atoms with Crippen LogP contribution < -0.4 is 4.74 Å². The van der Waals surface area contributed by atoms with Gasteiger partial charge in [-0.3, -0.25) is 0 Å². The Morgan fingerprint density at radius 3 is 1.94 bits per heavy atom. The molecular formula is C22H22N2O5S2. The predicted octanol–water partition coefficient (Wildman–Crippen LogP) is 2.47. The van der Waals surface area contributed by atoms with E-state index in [0.29, 0.717) is 13.0 Å². The fourth-order valence-corrected chi connectivity index (χ4v) is 7.03. The van der Waals surface area contributed by atoms with E-state index in [1.54, 1.807) is 36.4 Å². The normalized spacial score (nSPS) is 18.1. The Bertz CT molecular complexity index is 1360. The first-order valence-corrected chi connectivity index (χ1v) is 13.0. The summed E-state index contributed by atoms with van der Waals surface area (Å²) >= 11 is 0. The number of ether oxygens (including phenoxy) is 1. The monoisotopic (exact) mass is 458 g/mol. The Labute approximate surface area is 182 Å². The van der Waals surface area contributed by atoms with Crippen molar-refractivity contribution in [3.8, 4) is 5.75 Å². The number of nitrogens with zero attached hydrogens (tertiary/aromatic N) is 2. The molecule has 1 fully saturated rings. The minimum Gasteiger partial charge on any atom is -0.493 e. The van der Waals surface area contributed by atoms with Crippen LogP contribution in [-0.2, 0) is 26.5 Å². The third-order valence-electron chi connectivity index (χ3n) is 5.86. The second kappa shape index (κ2) is 7.59. The van der Waals surface area contributed by atoms with Gasteiger partial charge in [0.2, 0.25) is 20.0 Å². The van der Waals surface area contributed by atoms with Crippen LogP contribution in [0.2, 0.25) is 0 Å². The molecule has 1 saturated heterocycles. The first-order valence-electron chi connectivity index (χ1n) is 10.1. The third kappa shape index (κ3) is 3.61. The van der Waals surface area contributed by atoms with Gasteiger partial charge in [0.05, 0.1) is 16.4 Å². The molecule has 0 N–H and O–H groups in total. The predicted molar refractivity (Wildman–Crippen MR) is 117 cm³/mol. The van der Waals surface area contributed by atoms with Crippen molar-refractivity contribution >= 4 is 30.8 Å². The molecule has 0 aromatic heterocycles. The summed E-state index contributed by atoms with van der Waals surface area (Å²) in [7, 11) is -7.39. The van der Waals surface area contributed by atoms with Crippen molar-refractivity contribution in [2.45, 2.75) is 16.2 Å². The van der Waals surface area contributed by atoms with E-state index in [9.17, 15) is 16.8 Å². The smallest absolute Gasteiger partial charge is 0.243 e. The molecular weight excluding hydrogens is 436 g/mol. The van der Waals surface area contributed by atoms with Crippen LogP contribution in [0.5, 0.6) is 5.75 Å². The van der Waals surface area contributed by atoms with Crippen molar-refractivity contribution in [3.63, 3.8) is 0 Å². The van der Waals surface area contributed by atoms with Crippen molar-refractivity contribution in [1.82, 2.24) is 8.61 Å². The Morgan fingerprint density at radius 2 is 1.26 bits per heavy atom. The Kier molecular flexibility index (Phi) is 5.01. The second-order valence-electron chi connectivity index (χ2n) is 7.69. The largest absolute Gasteiger partial charge is 0.493 e. The SMILES string of the molecule is O=S(=O)(c1ccc2c(c1)CCO2)N1CCN(S(=O)(=O)c2ccc3ccccc3c2)CC1. The Balaban J connectivity index is 1.34. The summed E-state index contributed by atoms with van der Waals surface area (Å²) in [5.74, 6) is 0.727. The van der Waals surface area contributed by atoms with Crippen LogP contribution >= 0.6 is 0 Å². The van der Waals surface area contributed by atoms with Crippen LogP contribution in [-0.4, -0.2) is 58.2 Å². The van der Waals surface area contributed by atoms with Gasteiger partial charge < -0.3 is 4.74 Å². The summed E-state index contributed by atoms with van der Waals surface area (Å²) in [5.41, 5.74) is 0.888. The highest BCUT2D eigenvalue weighted by Crippen LogP contribution is 2.30. The molecule has 7 nitrogen and oxygen atoms in total. The van der Waals surface area contributed by atoms with Crippen molar-refractivity contribution < 1.29 is 21.6 Å². The van der Waals surface area contributed by atoms with Gasteiger partial charge in [-0.05, 0) is 46.7 Å². The number of hydrogen-bond acceptors (Lipinski definition) is 5. The van der Waals surface area contributed by atoms with E-state index in [1.807, 2.05) is 24.3 Å². The average molecular weight is 459 g/mol. The third-order valence-corrected chi connectivity index (χ3v) is 9.64. The van der Waals surface area contributed by atoms with Gasteiger partial charge in [-0.1, -0.05) is 30.3 Å². The lowest BCUT2D eigenvalue weighted by molar-refractivity contribution is 0.273. The van der Waals surface area contributed by atoms with E-state index < -0.39 is 20.0 Å². The van der Waals surface area contributed by atoms with Gasteiger partial charge in [0.15, 0.2) is 0 Å². The standard InChI is InChI=1S/C22H22N2O5S2/c25-30(26,20-6-5-17-3-1-2-4-18(17)15-20)23-10-12-24(13-11-23)31(27,28)21-7-8-22-19(16-21)9-14-29-22/h1-8,15-16H,9-14H2. The summed E-state index contributed by atoms with van der Waals surface area (Å²) < 4.78 is 60.6. The number of piperazine rings is 1. The molecule has 0 amide bonds. The van der Waals surface area contributed by atoms with Gasteiger partial charge in [-0.2, -0.15) is 8.61 Å². The van der Waals surface area contributed by atoms with Crippen LogP contribution in [0.4, 0.5) is 0 Å². The summed E-state index contributed by atoms with van der Waals surface area (Å²) in [6.07, 6.45) is 0.691. The molecule has 0 radical (unpaired) electrons. The lowest BCUT2D eigenvalue weighted by Crippen LogP contribution is -2.50. The number of hydrogen-bond donors (Lipinski definition) is 0. The summed E-state index contributed by atoms with van der Waals surface area (Å²) in [6.45, 7) is 1.01. The number of rotatable bonds is 4. The van der Waals surface area contributed by atoms with Gasteiger partial charge in [0.1, 0.15) is 5.75 Å². The average Bonchev–Trinajstić information content (AvgIpc) is 3.27. The van der Waals surface area contributed by atoms with Crippen LogP contribution in [0.15, 0.2) is 70.5 Å². The van der Waals surface area contributed by atoms with Gasteiger partial charge in [-0.15, -0.1) is 0 Å². The molecule has 0 atom stereocenters. The minimum absolute atomic E-state index is 0.114. The maximum atomic E-state index is 13.1. The molecule has 5 rings (SSSR count). The molecule has 0 saturated carbocycles. The van der Waals surface area contributed by atoms with Gasteiger partial charge in [0.25, 0.3) is 0 Å². The minimum atomic E-state index is -3.70. The number of sulfonamides is 2. The highest BCUT2D eigenvalue weighted by Gasteiger charge is 2.34. The van der Waals surface area contributed by atoms with E-state index in [1.165, 1.54) is 8.61 Å². The molecule has 0 unspecified atom stereocenters. The molecule has 3 aromatic rings. The van der Waals surface area contributed by atoms with E-state index >= 15 is 0 Å². The van der Waals surface area contributed by atoms with Crippen LogP contribution in [0.25, 0.3) is 10.8 Å². The van der Waals surface area contributed by atoms with Crippen molar-refractivity contribution in [3.05, 3.63) is 66.2 Å². The zero-order valence-electron chi connectivity index (χ0n) is 16.8. The zero-order chi connectivity index (χ0) is 21.6. The molecule has 2 aliphatic heterocycles. The fourth-order valence-electron chi connectivity index (χ4n) is 4.10. The maximum Gasteiger partial charge on any atom is 0.243 e. The molecule has 31 heavy (non-hydrogen) atoms. The lowest BCUT2D eigenvalue weighted by Gasteiger charge is -2.33. The van der Waals surface area contributed by atoms with Crippen molar-refractivity contribution in [2.75, 3.05) is 32.8 Å². The quantitative estimate of drug-likeness (QED) is 0.600. The van der Waals surface area contributed by atoms with E-state index in [0.717, 1.165) is 22.1 Å². The number of fused-ring (bicyclic) bond motifs is 2. The molecule has 2 heterocycles. The van der Waals surface area contributed by atoms with Gasteiger partial charge >= 0.3 is 0 Å². The molecule has 3 aromatic carbocycles.